The van der Waals surface area contributed by atoms with E-state index in [0.717, 1.165) is 0 Å². The van der Waals surface area contributed by atoms with Crippen LogP contribution in [-0.4, -0.2) is 35.0 Å². The molecule has 1 saturated carbocycles. The maximum absolute atomic E-state index is 9.07. The second-order valence-corrected chi connectivity index (χ2v) is 2.97. The van der Waals surface area contributed by atoms with Gasteiger partial charge in [-0.1, -0.05) is 0 Å². The molecule has 0 aromatic rings. The van der Waals surface area contributed by atoms with E-state index in [1.165, 1.54) is 12.8 Å². The molecule has 3 N–H and O–H groups in total. The maximum atomic E-state index is 9.07. The standard InChI is InChI=1S/C7H15NO2/c1-5(10)7(4-9)8-6-2-3-6/h5-10H,2-4H2,1H3/t5-,7-/m1/s1. The Labute approximate surface area is 61.1 Å². The summed E-state index contributed by atoms with van der Waals surface area (Å²) in [5, 5.41) is 21.0. The molecule has 0 aliphatic heterocycles. The Morgan fingerprint density at radius 3 is 2.50 bits per heavy atom. The fraction of sp³-hybridized carbons (Fsp3) is 1.00. The highest BCUT2D eigenvalue weighted by Gasteiger charge is 2.25. The Morgan fingerprint density at radius 2 is 2.20 bits per heavy atom. The van der Waals surface area contributed by atoms with E-state index in [1.54, 1.807) is 6.92 Å². The van der Waals surface area contributed by atoms with Crippen LogP contribution in [0.5, 0.6) is 0 Å². The zero-order valence-electron chi connectivity index (χ0n) is 6.25. The quantitative estimate of drug-likeness (QED) is 0.499. The van der Waals surface area contributed by atoms with E-state index in [9.17, 15) is 0 Å². The summed E-state index contributed by atoms with van der Waals surface area (Å²) in [4.78, 5) is 0. The van der Waals surface area contributed by atoms with E-state index in [2.05, 4.69) is 5.32 Å². The first-order chi connectivity index (χ1) is 4.74. The van der Waals surface area contributed by atoms with Gasteiger partial charge in [-0.05, 0) is 19.8 Å². The minimum absolute atomic E-state index is 0.0220. The highest BCUT2D eigenvalue weighted by atomic mass is 16.3. The third kappa shape index (κ3) is 2.25. The average molecular weight is 145 g/mol. The van der Waals surface area contributed by atoms with E-state index in [1.807, 2.05) is 0 Å². The zero-order chi connectivity index (χ0) is 7.56. The van der Waals surface area contributed by atoms with Crippen molar-refractivity contribution >= 4 is 0 Å². The van der Waals surface area contributed by atoms with Gasteiger partial charge in [-0.3, -0.25) is 0 Å². The largest absolute Gasteiger partial charge is 0.395 e. The van der Waals surface area contributed by atoms with E-state index in [-0.39, 0.29) is 12.6 Å². The average Bonchev–Trinajstić information content (AvgIpc) is 2.64. The van der Waals surface area contributed by atoms with Crippen molar-refractivity contribution in [3.8, 4) is 0 Å². The predicted molar refractivity (Wildman–Crippen MR) is 38.7 cm³/mol. The molecule has 0 bridgehead atoms. The lowest BCUT2D eigenvalue weighted by atomic mass is 10.2. The molecule has 0 spiro atoms. The van der Waals surface area contributed by atoms with Crippen LogP contribution in [0.4, 0.5) is 0 Å². The van der Waals surface area contributed by atoms with Crippen LogP contribution in [0.2, 0.25) is 0 Å². The molecular formula is C7H15NO2. The van der Waals surface area contributed by atoms with Gasteiger partial charge in [-0.2, -0.15) is 0 Å². The normalized spacial score (nSPS) is 24.3. The fourth-order valence-electron chi connectivity index (χ4n) is 0.897. The van der Waals surface area contributed by atoms with E-state index in [0.29, 0.717) is 6.04 Å². The van der Waals surface area contributed by atoms with Crippen LogP contribution in [0.15, 0.2) is 0 Å². The fourth-order valence-corrected chi connectivity index (χ4v) is 0.897. The summed E-state index contributed by atoms with van der Waals surface area (Å²) in [6.07, 6.45) is 1.91. The molecule has 1 rings (SSSR count). The third-order valence-electron chi connectivity index (χ3n) is 1.81. The van der Waals surface area contributed by atoms with Crippen LogP contribution in [0.3, 0.4) is 0 Å². The smallest absolute Gasteiger partial charge is 0.0687 e. The molecule has 1 fully saturated rings. The van der Waals surface area contributed by atoms with Crippen molar-refractivity contribution < 1.29 is 10.2 Å². The maximum Gasteiger partial charge on any atom is 0.0687 e. The van der Waals surface area contributed by atoms with Crippen LogP contribution >= 0.6 is 0 Å². The number of rotatable bonds is 4. The van der Waals surface area contributed by atoms with Crippen molar-refractivity contribution in [1.29, 1.82) is 0 Å². The summed E-state index contributed by atoms with van der Waals surface area (Å²) in [5.41, 5.74) is 0. The molecule has 0 aromatic heterocycles. The second kappa shape index (κ2) is 3.32. The van der Waals surface area contributed by atoms with Crippen LogP contribution in [0.1, 0.15) is 19.8 Å². The van der Waals surface area contributed by atoms with Gasteiger partial charge < -0.3 is 15.5 Å². The number of aliphatic hydroxyl groups is 2. The van der Waals surface area contributed by atoms with Crippen molar-refractivity contribution in [2.75, 3.05) is 6.61 Å². The highest BCUT2D eigenvalue weighted by molar-refractivity contribution is 4.86. The van der Waals surface area contributed by atoms with E-state index in [4.69, 9.17) is 10.2 Å². The lowest BCUT2D eigenvalue weighted by Crippen LogP contribution is -2.42. The van der Waals surface area contributed by atoms with Gasteiger partial charge in [-0.15, -0.1) is 0 Å². The zero-order valence-corrected chi connectivity index (χ0v) is 6.25. The van der Waals surface area contributed by atoms with Crippen molar-refractivity contribution in [2.45, 2.75) is 38.0 Å². The second-order valence-electron chi connectivity index (χ2n) is 2.97. The van der Waals surface area contributed by atoms with Gasteiger partial charge in [0.2, 0.25) is 0 Å². The molecular weight excluding hydrogens is 130 g/mol. The summed E-state index contributed by atoms with van der Waals surface area (Å²) in [7, 11) is 0. The van der Waals surface area contributed by atoms with Gasteiger partial charge in [0.25, 0.3) is 0 Å². The van der Waals surface area contributed by atoms with E-state index < -0.39 is 6.10 Å². The molecule has 0 heterocycles. The highest BCUT2D eigenvalue weighted by Crippen LogP contribution is 2.19. The van der Waals surface area contributed by atoms with Gasteiger partial charge in [0, 0.05) is 6.04 Å². The SMILES string of the molecule is C[C@@H](O)[C@@H](CO)NC1CC1. The molecule has 1 aliphatic rings. The predicted octanol–water partition coefficient (Wildman–Crippen LogP) is -0.520. The van der Waals surface area contributed by atoms with Gasteiger partial charge in [0.1, 0.15) is 0 Å². The van der Waals surface area contributed by atoms with Crippen LogP contribution in [0, 0.1) is 0 Å². The number of hydrogen-bond acceptors (Lipinski definition) is 3. The minimum Gasteiger partial charge on any atom is -0.395 e. The van der Waals surface area contributed by atoms with Gasteiger partial charge in [0.15, 0.2) is 0 Å². The molecule has 3 heteroatoms. The molecule has 0 radical (unpaired) electrons. The number of nitrogens with one attached hydrogen (secondary N) is 1. The first kappa shape index (κ1) is 7.98. The molecule has 3 nitrogen and oxygen atoms in total. The first-order valence-electron chi connectivity index (χ1n) is 3.79. The Kier molecular flexibility index (Phi) is 2.65. The van der Waals surface area contributed by atoms with Gasteiger partial charge in [0.05, 0.1) is 18.8 Å². The lowest BCUT2D eigenvalue weighted by Gasteiger charge is -2.18. The van der Waals surface area contributed by atoms with Gasteiger partial charge in [-0.25, -0.2) is 0 Å². The molecule has 1 aliphatic carbocycles. The molecule has 0 unspecified atom stereocenters. The summed E-state index contributed by atoms with van der Waals surface area (Å²) in [6, 6.07) is 0.416. The Hall–Kier alpha value is -0.120. The first-order valence-corrected chi connectivity index (χ1v) is 3.79. The summed E-state index contributed by atoms with van der Waals surface area (Å²) in [6.45, 7) is 1.71. The third-order valence-corrected chi connectivity index (χ3v) is 1.81. The molecule has 0 saturated heterocycles. The minimum atomic E-state index is -0.453. The lowest BCUT2D eigenvalue weighted by molar-refractivity contribution is 0.103. The van der Waals surface area contributed by atoms with Crippen LogP contribution in [-0.2, 0) is 0 Å². The number of aliphatic hydroxyl groups excluding tert-OH is 2. The molecule has 0 amide bonds. The number of hydrogen-bond donors (Lipinski definition) is 3. The van der Waals surface area contributed by atoms with Crippen molar-refractivity contribution in [1.82, 2.24) is 5.32 Å². The molecule has 60 valence electrons. The van der Waals surface area contributed by atoms with Crippen molar-refractivity contribution in [3.05, 3.63) is 0 Å². The van der Waals surface area contributed by atoms with Crippen molar-refractivity contribution in [3.63, 3.8) is 0 Å². The molecule has 0 aromatic carbocycles. The van der Waals surface area contributed by atoms with E-state index >= 15 is 0 Å². The molecule has 2 atom stereocenters. The Balaban J connectivity index is 2.17. The topological polar surface area (TPSA) is 52.5 Å². The Bertz CT molecular complexity index is 102. The van der Waals surface area contributed by atoms with Crippen molar-refractivity contribution in [2.24, 2.45) is 0 Å². The van der Waals surface area contributed by atoms with Crippen LogP contribution < -0.4 is 5.32 Å². The van der Waals surface area contributed by atoms with Crippen LogP contribution in [0.25, 0.3) is 0 Å². The summed E-state index contributed by atoms with van der Waals surface area (Å²) in [5.74, 6) is 0. The summed E-state index contributed by atoms with van der Waals surface area (Å²) >= 11 is 0. The Morgan fingerprint density at radius 1 is 1.60 bits per heavy atom. The van der Waals surface area contributed by atoms with Gasteiger partial charge >= 0.3 is 0 Å². The monoisotopic (exact) mass is 145 g/mol. The summed E-state index contributed by atoms with van der Waals surface area (Å²) < 4.78 is 0. The molecule has 10 heavy (non-hydrogen) atoms.